The number of aliphatic hydroxyl groups is 3. The molecule has 3 rings (SSSR count). The molecule has 0 radical (unpaired) electrons. The first-order valence-corrected chi connectivity index (χ1v) is 24.3. The lowest BCUT2D eigenvalue weighted by atomic mass is 9.76. The van der Waals surface area contributed by atoms with E-state index in [0.717, 1.165) is 12.8 Å². The molecule has 3 aliphatic rings. The minimum atomic E-state index is -1.36. The molecule has 1 unspecified atom stereocenters. The summed E-state index contributed by atoms with van der Waals surface area (Å²) >= 11 is 0. The third kappa shape index (κ3) is 12.8. The minimum Gasteiger partial charge on any atom is -0.388 e. The molecule has 0 aromatic rings. The van der Waals surface area contributed by atoms with Crippen LogP contribution in [0.3, 0.4) is 0 Å². The van der Waals surface area contributed by atoms with Gasteiger partial charge >= 0.3 is 0 Å². The second-order valence-corrected chi connectivity index (χ2v) is 27.3. The van der Waals surface area contributed by atoms with Crippen molar-refractivity contribution < 1.29 is 34.3 Å². The molecule has 62 heavy (non-hydrogen) atoms. The number of nitrogens with zero attached hydrogens (tertiary/aromatic N) is 4. The largest absolute Gasteiger partial charge is 0.388 e. The number of hydrogen-bond donors (Lipinski definition) is 3. The fourth-order valence-electron chi connectivity index (χ4n) is 12.8. The van der Waals surface area contributed by atoms with E-state index in [1.807, 2.05) is 0 Å². The second-order valence-electron chi connectivity index (χ2n) is 27.3. The van der Waals surface area contributed by atoms with Crippen molar-refractivity contribution in [3.05, 3.63) is 0 Å². The highest BCUT2D eigenvalue weighted by Crippen LogP contribution is 2.46. The number of ether oxygens (including phenoxy) is 4. The molecule has 0 aromatic heterocycles. The maximum atomic E-state index is 13.5. The summed E-state index contributed by atoms with van der Waals surface area (Å²) in [5.74, 6) is 0. The molecule has 1 saturated carbocycles. The Morgan fingerprint density at radius 2 is 0.935 bits per heavy atom. The maximum Gasteiger partial charge on any atom is 0.185 e. The molecule has 12 atom stereocenters. The van der Waals surface area contributed by atoms with Crippen molar-refractivity contribution in [2.24, 2.45) is 5.41 Å². The number of rotatable bonds is 10. The summed E-state index contributed by atoms with van der Waals surface area (Å²) in [7, 11) is 0. The SMILES string of the molecule is CC(C)N([C@@H]1C[C@H](N(C(C)(C)C)C(C)(C)C)[C@@H](O[C@H]2OC(C(C)(C)C)CC[C@H]2N(C(C)(C)C)C(C)(C)C)[C@H](O)[C@H]1O[C@H]1OC[C@](C)(O)[C@H](N(C(C)C)C(C)(C)C)[C@H]1O)C(C)(C)C. The molecule has 0 bridgehead atoms. The Morgan fingerprint density at radius 3 is 1.32 bits per heavy atom. The van der Waals surface area contributed by atoms with Gasteiger partial charge in [0.2, 0.25) is 0 Å². The Bertz CT molecular complexity index is 1390. The lowest BCUT2D eigenvalue weighted by Crippen LogP contribution is -2.75. The Morgan fingerprint density at radius 1 is 0.532 bits per heavy atom. The Hall–Kier alpha value is -0.440. The second kappa shape index (κ2) is 18.9. The molecule has 0 amide bonds. The van der Waals surface area contributed by atoms with Crippen molar-refractivity contribution in [2.45, 2.75) is 317 Å². The summed E-state index contributed by atoms with van der Waals surface area (Å²) < 4.78 is 28.4. The predicted molar refractivity (Wildman–Crippen MR) is 255 cm³/mol. The van der Waals surface area contributed by atoms with E-state index in [1.54, 1.807) is 6.92 Å². The van der Waals surface area contributed by atoms with E-state index in [1.165, 1.54) is 0 Å². The molecular formula is C51H102N4O7. The van der Waals surface area contributed by atoms with E-state index in [-0.39, 0.29) is 81.6 Å². The van der Waals surface area contributed by atoms with Crippen LogP contribution in [0.1, 0.15) is 199 Å². The zero-order chi connectivity index (χ0) is 48.5. The average Bonchev–Trinajstić information content (AvgIpc) is 2.99. The lowest BCUT2D eigenvalue weighted by Gasteiger charge is -2.61. The first-order chi connectivity index (χ1) is 27.5. The maximum absolute atomic E-state index is 13.5. The van der Waals surface area contributed by atoms with Crippen molar-refractivity contribution >= 4 is 0 Å². The summed E-state index contributed by atoms with van der Waals surface area (Å²) in [6.07, 6.45) is -3.41. The molecule has 11 nitrogen and oxygen atoms in total. The standard InChI is InChI=1S/C51H102N4O7/c1-31(2)52(45(8,9)10)34-29-35(55(49(20,21)22)50(23,24)25)40(61-42-33(27-28-36(60-42)44(5,6)7)54(47(14,15)16)48(17,18)19)37(56)39(34)62-43-38(57)41(51(26,58)30-59-43)53(32(3)4)46(11,12)13/h31-43,56-58H,27-30H2,1-26H3/t33-,34-,35+,36?,37-,38-,39+,40-,41-,42-,43-,51+/m1/s1. The molecular weight excluding hydrogens is 781 g/mol. The highest BCUT2D eigenvalue weighted by Gasteiger charge is 2.59. The van der Waals surface area contributed by atoms with Gasteiger partial charge in [-0.1, -0.05) is 20.8 Å². The summed E-state index contributed by atoms with van der Waals surface area (Å²) in [5.41, 5.74) is -3.24. The quantitative estimate of drug-likeness (QED) is 0.196. The van der Waals surface area contributed by atoms with Gasteiger partial charge in [0, 0.05) is 57.4 Å². The molecule has 1 aliphatic carbocycles. The highest BCUT2D eigenvalue weighted by molar-refractivity contribution is 5.11. The topological polar surface area (TPSA) is 111 Å². The van der Waals surface area contributed by atoms with Crippen molar-refractivity contribution in [1.29, 1.82) is 0 Å². The molecule has 0 aromatic carbocycles. The van der Waals surface area contributed by atoms with Gasteiger partial charge in [-0.15, -0.1) is 0 Å². The van der Waals surface area contributed by atoms with Gasteiger partial charge in [0.15, 0.2) is 12.6 Å². The fraction of sp³-hybridized carbons (Fsp3) is 1.00. The Labute approximate surface area is 382 Å². The Balaban J connectivity index is 2.38. The van der Waals surface area contributed by atoms with Crippen LogP contribution in [0.4, 0.5) is 0 Å². The summed E-state index contributed by atoms with van der Waals surface area (Å²) in [6.45, 7) is 57.2. The van der Waals surface area contributed by atoms with Gasteiger partial charge in [-0.3, -0.25) is 19.6 Å². The zero-order valence-electron chi connectivity index (χ0n) is 45.1. The molecule has 11 heteroatoms. The van der Waals surface area contributed by atoms with Crippen molar-refractivity contribution in [3.63, 3.8) is 0 Å². The highest BCUT2D eigenvalue weighted by atomic mass is 16.7. The monoisotopic (exact) mass is 883 g/mol. The van der Waals surface area contributed by atoms with E-state index in [2.05, 4.69) is 193 Å². The smallest absolute Gasteiger partial charge is 0.185 e. The van der Waals surface area contributed by atoms with Crippen LogP contribution in [0.5, 0.6) is 0 Å². The van der Waals surface area contributed by atoms with E-state index in [9.17, 15) is 15.3 Å². The molecule has 2 heterocycles. The van der Waals surface area contributed by atoms with Gasteiger partial charge in [0.25, 0.3) is 0 Å². The van der Waals surface area contributed by atoms with Crippen LogP contribution in [0.25, 0.3) is 0 Å². The first kappa shape index (κ1) is 55.9. The van der Waals surface area contributed by atoms with Gasteiger partial charge < -0.3 is 34.3 Å². The average molecular weight is 883 g/mol. The van der Waals surface area contributed by atoms with Gasteiger partial charge in [-0.05, 0) is 184 Å². The third-order valence-corrected chi connectivity index (χ3v) is 13.5. The number of hydrogen-bond acceptors (Lipinski definition) is 11. The molecule has 3 fully saturated rings. The van der Waals surface area contributed by atoms with E-state index in [0.29, 0.717) is 6.42 Å². The minimum absolute atomic E-state index is 0.00524. The summed E-state index contributed by atoms with van der Waals surface area (Å²) in [6, 6.07) is -1.28. The molecule has 0 spiro atoms. The van der Waals surface area contributed by atoms with Gasteiger partial charge in [-0.25, -0.2) is 0 Å². The number of aliphatic hydroxyl groups excluding tert-OH is 2. The zero-order valence-corrected chi connectivity index (χ0v) is 45.1. The summed E-state index contributed by atoms with van der Waals surface area (Å²) in [4.78, 5) is 9.76. The first-order valence-electron chi connectivity index (χ1n) is 24.3. The van der Waals surface area contributed by atoms with Crippen molar-refractivity contribution in [3.8, 4) is 0 Å². The van der Waals surface area contributed by atoms with Crippen LogP contribution in [0.2, 0.25) is 0 Å². The predicted octanol–water partition coefficient (Wildman–Crippen LogP) is 8.83. The van der Waals surface area contributed by atoms with Crippen molar-refractivity contribution in [2.75, 3.05) is 6.61 Å². The van der Waals surface area contributed by atoms with Gasteiger partial charge in [-0.2, -0.15) is 0 Å². The van der Waals surface area contributed by atoms with Crippen LogP contribution in [-0.2, 0) is 18.9 Å². The molecule has 368 valence electrons. The lowest BCUT2D eigenvalue weighted by molar-refractivity contribution is -0.337. The van der Waals surface area contributed by atoms with Crippen LogP contribution >= 0.6 is 0 Å². The fourth-order valence-corrected chi connectivity index (χ4v) is 12.8. The van der Waals surface area contributed by atoms with E-state index >= 15 is 0 Å². The van der Waals surface area contributed by atoms with Crippen LogP contribution < -0.4 is 0 Å². The van der Waals surface area contributed by atoms with E-state index in [4.69, 9.17) is 18.9 Å². The van der Waals surface area contributed by atoms with E-state index < -0.39 is 48.6 Å². The molecule has 2 saturated heterocycles. The van der Waals surface area contributed by atoms with Crippen molar-refractivity contribution in [1.82, 2.24) is 19.6 Å². The summed E-state index contributed by atoms with van der Waals surface area (Å²) in [5, 5.41) is 37.9. The van der Waals surface area contributed by atoms with Crippen LogP contribution in [0.15, 0.2) is 0 Å². The normalized spacial score (nSPS) is 34.4. The van der Waals surface area contributed by atoms with Crippen LogP contribution in [-0.4, -0.2) is 160 Å². The molecule has 3 N–H and O–H groups in total. The van der Waals surface area contributed by atoms with Gasteiger partial charge in [0.1, 0.15) is 30.0 Å². The van der Waals surface area contributed by atoms with Crippen LogP contribution in [0, 0.1) is 5.41 Å². The third-order valence-electron chi connectivity index (χ3n) is 13.5. The van der Waals surface area contributed by atoms with Gasteiger partial charge in [0.05, 0.1) is 24.8 Å². The molecule has 2 aliphatic heterocycles. The Kier molecular flexibility index (Phi) is 17.1.